The van der Waals surface area contributed by atoms with E-state index in [2.05, 4.69) is 10.3 Å². The number of nitrogens with one attached hydrogen (secondary N) is 1. The molecule has 4 nitrogen and oxygen atoms in total. The van der Waals surface area contributed by atoms with Crippen LogP contribution in [-0.2, 0) is 6.18 Å². The highest BCUT2D eigenvalue weighted by Crippen LogP contribution is 2.29. The van der Waals surface area contributed by atoms with Gasteiger partial charge in [-0.25, -0.2) is 4.98 Å². The van der Waals surface area contributed by atoms with Gasteiger partial charge in [0.05, 0.1) is 5.56 Å². The number of nitrogens with two attached hydrogens (primary N) is 1. The number of hydrogen-bond donors (Lipinski definition) is 2. The van der Waals surface area contributed by atoms with Gasteiger partial charge in [0.15, 0.2) is 0 Å². The van der Waals surface area contributed by atoms with Gasteiger partial charge in [-0.1, -0.05) is 20.8 Å². The Bertz CT molecular complexity index is 493. The number of amides is 1. The average molecular weight is 289 g/mol. The van der Waals surface area contributed by atoms with Gasteiger partial charge in [0.2, 0.25) is 0 Å². The van der Waals surface area contributed by atoms with Crippen LogP contribution in [-0.4, -0.2) is 17.4 Å². The third kappa shape index (κ3) is 4.71. The van der Waals surface area contributed by atoms with E-state index >= 15 is 0 Å². The van der Waals surface area contributed by atoms with E-state index in [4.69, 9.17) is 5.73 Å². The first kappa shape index (κ1) is 16.3. The summed E-state index contributed by atoms with van der Waals surface area (Å²) in [5.41, 5.74) is 4.04. The van der Waals surface area contributed by atoms with Gasteiger partial charge in [0, 0.05) is 6.54 Å². The normalized spacial score (nSPS) is 12.3. The Morgan fingerprint density at radius 2 is 1.90 bits per heavy atom. The quantitative estimate of drug-likeness (QED) is 0.895. The van der Waals surface area contributed by atoms with Gasteiger partial charge in [0.25, 0.3) is 5.91 Å². The molecular formula is C13H18F3N3O. The largest absolute Gasteiger partial charge is 0.433 e. The fraction of sp³-hybridized carbons (Fsp3) is 0.538. The van der Waals surface area contributed by atoms with E-state index in [1.807, 2.05) is 20.8 Å². The third-order valence-corrected chi connectivity index (χ3v) is 2.62. The maximum absolute atomic E-state index is 12.6. The maximum Gasteiger partial charge on any atom is 0.433 e. The first-order valence-electron chi connectivity index (χ1n) is 6.12. The summed E-state index contributed by atoms with van der Waals surface area (Å²) in [4.78, 5) is 14.7. The molecule has 112 valence electrons. The number of pyridine rings is 1. The summed E-state index contributed by atoms with van der Waals surface area (Å²) in [6, 6.07) is 1.78. The lowest BCUT2D eigenvalue weighted by molar-refractivity contribution is -0.141. The molecule has 0 radical (unpaired) electrons. The molecule has 20 heavy (non-hydrogen) atoms. The summed E-state index contributed by atoms with van der Waals surface area (Å²) >= 11 is 0. The monoisotopic (exact) mass is 289 g/mol. The molecule has 1 aromatic heterocycles. The molecule has 0 saturated heterocycles. The lowest BCUT2D eigenvalue weighted by Gasteiger charge is -2.19. The molecule has 0 bridgehead atoms. The molecular weight excluding hydrogens is 271 g/mol. The van der Waals surface area contributed by atoms with E-state index in [1.54, 1.807) is 0 Å². The minimum absolute atomic E-state index is 0.0154. The van der Waals surface area contributed by atoms with Crippen molar-refractivity contribution in [3.05, 3.63) is 23.4 Å². The van der Waals surface area contributed by atoms with Crippen LogP contribution in [0.25, 0.3) is 0 Å². The molecule has 1 rings (SSSR count). The van der Waals surface area contributed by atoms with E-state index in [-0.39, 0.29) is 16.8 Å². The number of halogens is 3. The summed E-state index contributed by atoms with van der Waals surface area (Å²) in [7, 11) is 0. The molecule has 1 aromatic rings. The molecule has 0 aliphatic rings. The van der Waals surface area contributed by atoms with Crippen molar-refractivity contribution in [2.75, 3.05) is 11.9 Å². The lowest BCUT2D eigenvalue weighted by atomic mass is 9.92. The van der Waals surface area contributed by atoms with Gasteiger partial charge in [-0.3, -0.25) is 4.79 Å². The molecule has 0 saturated carbocycles. The Morgan fingerprint density at radius 3 is 2.35 bits per heavy atom. The molecule has 0 fully saturated rings. The highest BCUT2D eigenvalue weighted by molar-refractivity contribution is 5.97. The molecule has 0 aromatic carbocycles. The smallest absolute Gasteiger partial charge is 0.369 e. The first-order valence-corrected chi connectivity index (χ1v) is 6.12. The number of aromatic nitrogens is 1. The van der Waals surface area contributed by atoms with Crippen LogP contribution in [0.1, 0.15) is 43.2 Å². The average Bonchev–Trinajstić information content (AvgIpc) is 2.25. The van der Waals surface area contributed by atoms with Crippen molar-refractivity contribution in [2.45, 2.75) is 33.4 Å². The molecule has 0 atom stereocenters. The van der Waals surface area contributed by atoms with E-state index < -0.39 is 17.8 Å². The number of carbonyl (C=O) groups excluding carboxylic acids is 1. The number of rotatable bonds is 4. The van der Waals surface area contributed by atoms with E-state index in [1.165, 1.54) is 0 Å². The van der Waals surface area contributed by atoms with Crippen LogP contribution in [0.15, 0.2) is 12.1 Å². The van der Waals surface area contributed by atoms with Crippen LogP contribution in [0.4, 0.5) is 19.0 Å². The highest BCUT2D eigenvalue weighted by Gasteiger charge is 2.33. The van der Waals surface area contributed by atoms with Gasteiger partial charge >= 0.3 is 6.18 Å². The van der Waals surface area contributed by atoms with Crippen molar-refractivity contribution in [2.24, 2.45) is 11.1 Å². The lowest BCUT2D eigenvalue weighted by Crippen LogP contribution is -2.20. The molecule has 1 amide bonds. The van der Waals surface area contributed by atoms with Gasteiger partial charge in [-0.2, -0.15) is 13.2 Å². The van der Waals surface area contributed by atoms with Crippen LogP contribution in [0.3, 0.4) is 0 Å². The van der Waals surface area contributed by atoms with Gasteiger partial charge in [-0.05, 0) is 24.0 Å². The van der Waals surface area contributed by atoms with E-state index in [9.17, 15) is 18.0 Å². The number of carbonyl (C=O) groups is 1. The van der Waals surface area contributed by atoms with Crippen molar-refractivity contribution in [3.8, 4) is 0 Å². The number of hydrogen-bond acceptors (Lipinski definition) is 3. The van der Waals surface area contributed by atoms with Crippen LogP contribution in [0.5, 0.6) is 0 Å². The fourth-order valence-electron chi connectivity index (χ4n) is 1.51. The zero-order chi connectivity index (χ0) is 15.6. The van der Waals surface area contributed by atoms with E-state index in [0.717, 1.165) is 12.1 Å². The van der Waals surface area contributed by atoms with Crippen molar-refractivity contribution < 1.29 is 18.0 Å². The predicted octanol–water partition coefficient (Wildman–Crippen LogP) is 3.05. The Morgan fingerprint density at radius 1 is 1.30 bits per heavy atom. The fourth-order valence-corrected chi connectivity index (χ4v) is 1.51. The molecule has 3 N–H and O–H groups in total. The Labute approximate surface area is 115 Å². The number of primary amides is 1. The summed E-state index contributed by atoms with van der Waals surface area (Å²) in [5.74, 6) is -0.943. The van der Waals surface area contributed by atoms with Gasteiger partial charge < -0.3 is 11.1 Å². The van der Waals surface area contributed by atoms with E-state index in [0.29, 0.717) is 13.0 Å². The first-order chi connectivity index (χ1) is 9.00. The number of alkyl halides is 3. The molecule has 0 aliphatic carbocycles. The van der Waals surface area contributed by atoms with Crippen LogP contribution in [0.2, 0.25) is 0 Å². The zero-order valence-electron chi connectivity index (χ0n) is 11.6. The molecule has 7 heteroatoms. The van der Waals surface area contributed by atoms with Crippen LogP contribution < -0.4 is 11.1 Å². The molecule has 1 heterocycles. The molecule has 0 aliphatic heterocycles. The Balaban J connectivity index is 2.98. The van der Waals surface area contributed by atoms with Crippen LogP contribution in [0, 0.1) is 5.41 Å². The molecule has 0 spiro atoms. The standard InChI is InChI=1S/C13H18F3N3O/c1-12(2,3)6-7-18-11-8(10(17)20)4-5-9(19-11)13(14,15)16/h4-5H,6-7H2,1-3H3,(H2,17,20)(H,18,19). The number of anilines is 1. The van der Waals surface area contributed by atoms with Gasteiger partial charge in [0.1, 0.15) is 11.5 Å². The Hall–Kier alpha value is -1.79. The van der Waals surface area contributed by atoms with Crippen molar-refractivity contribution in [3.63, 3.8) is 0 Å². The maximum atomic E-state index is 12.6. The topological polar surface area (TPSA) is 68.0 Å². The minimum atomic E-state index is -4.56. The van der Waals surface area contributed by atoms with Gasteiger partial charge in [-0.15, -0.1) is 0 Å². The second kappa shape index (κ2) is 5.68. The summed E-state index contributed by atoms with van der Waals surface area (Å²) < 4.78 is 37.8. The Kier molecular flexibility index (Phi) is 4.62. The predicted molar refractivity (Wildman–Crippen MR) is 70.3 cm³/mol. The second-order valence-electron chi connectivity index (χ2n) is 5.69. The van der Waals surface area contributed by atoms with Crippen LogP contribution >= 0.6 is 0 Å². The number of nitrogens with zero attached hydrogens (tertiary/aromatic N) is 1. The minimum Gasteiger partial charge on any atom is -0.369 e. The summed E-state index contributed by atoms with van der Waals surface area (Å²) in [5, 5.41) is 2.75. The zero-order valence-corrected chi connectivity index (χ0v) is 11.6. The molecule has 0 unspecified atom stereocenters. The SMILES string of the molecule is CC(C)(C)CCNc1nc(C(F)(F)F)ccc1C(N)=O. The summed E-state index contributed by atoms with van der Waals surface area (Å²) in [6.07, 6.45) is -3.85. The van der Waals surface area contributed by atoms with Crippen molar-refractivity contribution in [1.29, 1.82) is 0 Å². The second-order valence-corrected chi connectivity index (χ2v) is 5.69. The summed E-state index contributed by atoms with van der Waals surface area (Å²) in [6.45, 7) is 6.41. The highest BCUT2D eigenvalue weighted by atomic mass is 19.4. The van der Waals surface area contributed by atoms with Crippen molar-refractivity contribution >= 4 is 11.7 Å². The van der Waals surface area contributed by atoms with Crippen molar-refractivity contribution in [1.82, 2.24) is 4.98 Å². The third-order valence-electron chi connectivity index (χ3n) is 2.62.